The first-order valence-electron chi connectivity index (χ1n) is 8.03. The summed E-state index contributed by atoms with van der Waals surface area (Å²) in [6.45, 7) is 1.80. The zero-order chi connectivity index (χ0) is 18.4. The first-order chi connectivity index (χ1) is 12.5. The van der Waals surface area contributed by atoms with Gasteiger partial charge in [-0.2, -0.15) is 10.2 Å². The molecular weight excluding hydrogens is 352 g/mol. The molecule has 1 aromatic carbocycles. The number of nitrogens with two attached hydrogens (primary N) is 1. The van der Waals surface area contributed by atoms with E-state index >= 15 is 0 Å². The fraction of sp³-hybridized carbons (Fsp3) is 0.167. The Balaban J connectivity index is 1.80. The van der Waals surface area contributed by atoms with E-state index in [0.29, 0.717) is 39.4 Å². The topological polar surface area (TPSA) is 114 Å². The molecule has 0 radical (unpaired) electrons. The van der Waals surface area contributed by atoms with Crippen molar-refractivity contribution in [1.29, 1.82) is 0 Å². The van der Waals surface area contributed by atoms with Gasteiger partial charge in [0.05, 0.1) is 26.6 Å². The molecule has 1 aromatic heterocycles. The van der Waals surface area contributed by atoms with E-state index in [4.69, 9.17) is 5.73 Å². The van der Waals surface area contributed by atoms with Crippen molar-refractivity contribution in [3.05, 3.63) is 56.8 Å². The van der Waals surface area contributed by atoms with Crippen LogP contribution >= 0.6 is 11.3 Å². The van der Waals surface area contributed by atoms with Crippen molar-refractivity contribution in [3.8, 4) is 0 Å². The minimum atomic E-state index is -0.736. The van der Waals surface area contributed by atoms with E-state index in [9.17, 15) is 14.4 Å². The molecule has 1 atom stereocenters. The normalized spacial score (nSPS) is 17.4. The summed E-state index contributed by atoms with van der Waals surface area (Å²) in [7, 11) is 0. The van der Waals surface area contributed by atoms with Crippen LogP contribution in [-0.4, -0.2) is 17.6 Å². The molecule has 1 aliphatic carbocycles. The molecule has 26 heavy (non-hydrogen) atoms. The summed E-state index contributed by atoms with van der Waals surface area (Å²) in [5.41, 5.74) is 7.60. The van der Waals surface area contributed by atoms with Gasteiger partial charge in [0, 0.05) is 6.42 Å². The third kappa shape index (κ3) is 2.38. The van der Waals surface area contributed by atoms with Crippen LogP contribution < -0.4 is 11.1 Å². The lowest BCUT2D eigenvalue weighted by Gasteiger charge is -2.07. The predicted molar refractivity (Wildman–Crippen MR) is 97.4 cm³/mol. The quantitative estimate of drug-likeness (QED) is 0.798. The van der Waals surface area contributed by atoms with Crippen LogP contribution in [0.15, 0.2) is 46.1 Å². The maximum Gasteiger partial charge on any atom is 0.316 e. The van der Waals surface area contributed by atoms with Gasteiger partial charge >= 0.3 is 6.03 Å². The monoisotopic (exact) mass is 366 g/mol. The summed E-state index contributed by atoms with van der Waals surface area (Å²) >= 11 is 1.30. The third-order valence-corrected chi connectivity index (χ3v) is 5.49. The van der Waals surface area contributed by atoms with Gasteiger partial charge in [-0.1, -0.05) is 19.1 Å². The number of Topliss-reactive ketones (excluding diaryl/α,β-unsaturated/α-hetero) is 2. The number of thiophene rings is 1. The Morgan fingerprint density at radius 2 is 2.08 bits per heavy atom. The van der Waals surface area contributed by atoms with E-state index in [1.807, 2.05) is 0 Å². The van der Waals surface area contributed by atoms with Crippen LogP contribution in [0.5, 0.6) is 0 Å². The number of anilines is 1. The Labute approximate surface area is 152 Å². The standard InChI is InChI=1S/C18H14N4O3S/c1-2-10(23)11-6-7-12(26-11)16-14-15(21-22-16)8-4-3-5-9(20-18(19)25)13(8)17(14)24/h3-7,15H,2H2,1H3,(H3,19,20,25). The molecule has 0 saturated heterocycles. The Morgan fingerprint density at radius 1 is 1.27 bits per heavy atom. The minimum Gasteiger partial charge on any atom is -0.351 e. The smallest absolute Gasteiger partial charge is 0.316 e. The van der Waals surface area contributed by atoms with E-state index < -0.39 is 12.1 Å². The average Bonchev–Trinajstić information content (AvgIpc) is 3.31. The summed E-state index contributed by atoms with van der Waals surface area (Å²) in [5.74, 6) is -0.182. The van der Waals surface area contributed by atoms with Gasteiger partial charge in [0.15, 0.2) is 11.6 Å². The molecule has 0 bridgehead atoms. The highest BCUT2D eigenvalue weighted by Crippen LogP contribution is 2.49. The molecule has 8 heteroatoms. The number of carbonyl (C=O) groups excluding carboxylic acids is 3. The van der Waals surface area contributed by atoms with Crippen LogP contribution in [0.2, 0.25) is 0 Å². The van der Waals surface area contributed by atoms with Crippen molar-refractivity contribution in [2.75, 3.05) is 5.32 Å². The SMILES string of the molecule is CCC(=O)c1ccc(C2=C3C(=O)c4c(NC(N)=O)cccc4C3N=N2)s1. The fourth-order valence-corrected chi connectivity index (χ4v) is 4.21. The Bertz CT molecular complexity index is 1030. The van der Waals surface area contributed by atoms with E-state index in [1.54, 1.807) is 37.3 Å². The second kappa shape index (κ2) is 5.99. The van der Waals surface area contributed by atoms with Gasteiger partial charge in [-0.25, -0.2) is 4.79 Å². The molecule has 130 valence electrons. The van der Waals surface area contributed by atoms with Gasteiger partial charge in [0.2, 0.25) is 0 Å². The number of fused-ring (bicyclic) bond motifs is 3. The summed E-state index contributed by atoms with van der Waals surface area (Å²) in [6.07, 6.45) is 0.419. The van der Waals surface area contributed by atoms with Crippen LogP contribution in [0.4, 0.5) is 10.5 Å². The molecule has 1 aliphatic heterocycles. The number of azo groups is 1. The van der Waals surface area contributed by atoms with Gasteiger partial charge < -0.3 is 11.1 Å². The number of benzene rings is 1. The zero-order valence-electron chi connectivity index (χ0n) is 13.8. The number of carbonyl (C=O) groups is 3. The summed E-state index contributed by atoms with van der Waals surface area (Å²) in [6, 6.07) is 7.46. The first kappa shape index (κ1) is 16.3. The molecule has 0 saturated carbocycles. The number of primary amides is 1. The van der Waals surface area contributed by atoms with Crippen molar-refractivity contribution in [1.82, 2.24) is 0 Å². The number of hydrogen-bond acceptors (Lipinski definition) is 6. The second-order valence-electron chi connectivity index (χ2n) is 5.91. The van der Waals surface area contributed by atoms with Crippen LogP contribution in [0.1, 0.15) is 49.9 Å². The maximum absolute atomic E-state index is 13.0. The van der Waals surface area contributed by atoms with Crippen molar-refractivity contribution >= 4 is 40.3 Å². The molecule has 3 N–H and O–H groups in total. The zero-order valence-corrected chi connectivity index (χ0v) is 14.6. The molecule has 2 amide bonds. The van der Waals surface area contributed by atoms with Crippen LogP contribution in [0, 0.1) is 0 Å². The Kier molecular flexibility index (Phi) is 3.77. The Hall–Kier alpha value is -3.13. The molecule has 2 heterocycles. The molecule has 1 unspecified atom stereocenters. The Morgan fingerprint density at radius 3 is 2.81 bits per heavy atom. The van der Waals surface area contributed by atoms with Gasteiger partial charge in [-0.15, -0.1) is 11.3 Å². The minimum absolute atomic E-state index is 0.0484. The van der Waals surface area contributed by atoms with E-state index in [0.717, 1.165) is 4.88 Å². The highest BCUT2D eigenvalue weighted by Gasteiger charge is 2.42. The molecule has 0 fully saturated rings. The number of nitrogens with one attached hydrogen (secondary N) is 1. The van der Waals surface area contributed by atoms with Gasteiger partial charge in [0.25, 0.3) is 0 Å². The van der Waals surface area contributed by atoms with Crippen molar-refractivity contribution in [2.45, 2.75) is 19.4 Å². The molecule has 2 aromatic rings. The number of amides is 2. The highest BCUT2D eigenvalue weighted by molar-refractivity contribution is 7.15. The van der Waals surface area contributed by atoms with Crippen molar-refractivity contribution in [3.63, 3.8) is 0 Å². The molecular formula is C18H14N4O3S. The van der Waals surface area contributed by atoms with E-state index in [1.165, 1.54) is 11.3 Å². The average molecular weight is 366 g/mol. The lowest BCUT2D eigenvalue weighted by molar-refractivity contribution is 0.0990. The third-order valence-electron chi connectivity index (χ3n) is 4.36. The van der Waals surface area contributed by atoms with E-state index in [-0.39, 0.29) is 11.6 Å². The second-order valence-corrected chi connectivity index (χ2v) is 6.99. The summed E-state index contributed by atoms with van der Waals surface area (Å²) < 4.78 is 0. The number of nitrogens with zero attached hydrogens (tertiary/aromatic N) is 2. The summed E-state index contributed by atoms with van der Waals surface area (Å²) in [4.78, 5) is 37.5. The van der Waals surface area contributed by atoms with Crippen molar-refractivity contribution < 1.29 is 14.4 Å². The van der Waals surface area contributed by atoms with Gasteiger partial charge in [0.1, 0.15) is 11.7 Å². The summed E-state index contributed by atoms with van der Waals surface area (Å²) in [5, 5.41) is 10.9. The fourth-order valence-electron chi connectivity index (χ4n) is 3.20. The van der Waals surface area contributed by atoms with Crippen LogP contribution in [-0.2, 0) is 0 Å². The number of urea groups is 1. The molecule has 4 rings (SSSR count). The number of ketones is 2. The lowest BCUT2D eigenvalue weighted by atomic mass is 10.1. The number of hydrogen-bond donors (Lipinski definition) is 2. The van der Waals surface area contributed by atoms with Crippen LogP contribution in [0.25, 0.3) is 5.70 Å². The molecule has 0 spiro atoms. The lowest BCUT2D eigenvalue weighted by Crippen LogP contribution is -2.20. The highest BCUT2D eigenvalue weighted by atomic mass is 32.1. The predicted octanol–water partition coefficient (Wildman–Crippen LogP) is 3.95. The first-order valence-corrected chi connectivity index (χ1v) is 8.85. The maximum atomic E-state index is 13.0. The molecule has 7 nitrogen and oxygen atoms in total. The van der Waals surface area contributed by atoms with Crippen LogP contribution in [0.3, 0.4) is 0 Å². The van der Waals surface area contributed by atoms with Crippen molar-refractivity contribution in [2.24, 2.45) is 16.0 Å². The largest absolute Gasteiger partial charge is 0.351 e. The van der Waals surface area contributed by atoms with Gasteiger partial charge in [-0.05, 0) is 23.8 Å². The van der Waals surface area contributed by atoms with E-state index in [2.05, 4.69) is 15.5 Å². The van der Waals surface area contributed by atoms with Gasteiger partial charge in [-0.3, -0.25) is 9.59 Å². The molecule has 2 aliphatic rings. The number of rotatable bonds is 4.